The number of pyridine rings is 1. The van der Waals surface area contributed by atoms with E-state index in [1.807, 2.05) is 36.4 Å². The maximum atomic E-state index is 12.8. The third kappa shape index (κ3) is 6.30. The minimum atomic E-state index is -0.255. The van der Waals surface area contributed by atoms with Gasteiger partial charge in [-0.25, -0.2) is 4.99 Å². The normalized spacial score (nSPS) is 11.0. The van der Waals surface area contributed by atoms with Crippen molar-refractivity contribution in [3.63, 3.8) is 0 Å². The van der Waals surface area contributed by atoms with Crippen molar-refractivity contribution in [3.05, 3.63) is 83.7 Å². The minimum absolute atomic E-state index is 0.255. The van der Waals surface area contributed by atoms with Crippen molar-refractivity contribution in [1.29, 1.82) is 0 Å². The Morgan fingerprint density at radius 2 is 1.71 bits per heavy atom. The van der Waals surface area contributed by atoms with Crippen LogP contribution >= 0.6 is 0 Å². The van der Waals surface area contributed by atoms with Gasteiger partial charge >= 0.3 is 0 Å². The Morgan fingerprint density at radius 1 is 1.00 bits per heavy atom. The monoisotopic (exact) mass is 418 g/mol. The van der Waals surface area contributed by atoms with Crippen LogP contribution in [-0.4, -0.2) is 31.1 Å². The van der Waals surface area contributed by atoms with Gasteiger partial charge in [0.2, 0.25) is 5.96 Å². The van der Waals surface area contributed by atoms with Crippen molar-refractivity contribution in [2.75, 3.05) is 19.5 Å². The summed E-state index contributed by atoms with van der Waals surface area (Å²) in [6.07, 6.45) is 4.36. The van der Waals surface area contributed by atoms with Gasteiger partial charge < -0.3 is 14.8 Å². The highest BCUT2D eigenvalue weighted by atomic mass is 16.5. The van der Waals surface area contributed by atoms with Gasteiger partial charge in [0, 0.05) is 41.8 Å². The highest BCUT2D eigenvalue weighted by molar-refractivity contribution is 6.10. The second-order valence-electron chi connectivity index (χ2n) is 6.76. The number of carbonyl (C=O) groups is 1. The number of guanidine groups is 1. The molecule has 3 aromatic rings. The van der Waals surface area contributed by atoms with Gasteiger partial charge in [0.1, 0.15) is 11.5 Å². The van der Waals surface area contributed by atoms with Crippen LogP contribution in [0.4, 0.5) is 5.69 Å². The van der Waals surface area contributed by atoms with Gasteiger partial charge in [-0.15, -0.1) is 0 Å². The predicted molar refractivity (Wildman–Crippen MR) is 122 cm³/mol. The van der Waals surface area contributed by atoms with Crippen molar-refractivity contribution in [2.24, 2.45) is 4.99 Å². The summed E-state index contributed by atoms with van der Waals surface area (Å²) in [5.74, 6) is 1.29. The summed E-state index contributed by atoms with van der Waals surface area (Å²) < 4.78 is 10.6. The molecule has 2 N–H and O–H groups in total. The van der Waals surface area contributed by atoms with Crippen molar-refractivity contribution >= 4 is 17.6 Å². The van der Waals surface area contributed by atoms with Crippen LogP contribution in [0.2, 0.25) is 0 Å². The average molecular weight is 418 g/mol. The standard InChI is InChI=1S/C24H26N4O3/c1-4-17-7-9-19(10-8-17)23(29)28-24(26-16-18-6-5-11-25-15-18)27-20-12-21(30-2)14-22(13-20)31-3/h5-15H,4,16H2,1-3H3,(H2,26,27,28,29). The zero-order chi connectivity index (χ0) is 22.1. The number of aryl methyl sites for hydroxylation is 1. The number of aliphatic imine (C=N–C) groups is 1. The van der Waals surface area contributed by atoms with Crippen LogP contribution in [0.15, 0.2) is 72.0 Å². The molecule has 1 amide bonds. The quantitative estimate of drug-likeness (QED) is 0.446. The lowest BCUT2D eigenvalue weighted by Crippen LogP contribution is -2.36. The fraction of sp³-hybridized carbons (Fsp3) is 0.208. The Morgan fingerprint density at radius 3 is 2.29 bits per heavy atom. The van der Waals surface area contributed by atoms with Gasteiger partial charge in [0.25, 0.3) is 5.91 Å². The van der Waals surface area contributed by atoms with Crippen molar-refractivity contribution in [2.45, 2.75) is 19.9 Å². The molecule has 160 valence electrons. The van der Waals surface area contributed by atoms with Gasteiger partial charge in [-0.05, 0) is 35.7 Å². The van der Waals surface area contributed by atoms with Crippen LogP contribution in [0.25, 0.3) is 0 Å². The first kappa shape index (κ1) is 21.8. The number of nitrogens with one attached hydrogen (secondary N) is 2. The van der Waals surface area contributed by atoms with E-state index in [2.05, 4.69) is 27.5 Å². The SMILES string of the molecule is CCc1ccc(C(=O)NC(=NCc2cccnc2)Nc2cc(OC)cc(OC)c2)cc1. The summed E-state index contributed by atoms with van der Waals surface area (Å²) in [5, 5.41) is 6.02. The number of anilines is 1. The van der Waals surface area contributed by atoms with Crippen LogP contribution in [0.5, 0.6) is 11.5 Å². The first-order valence-corrected chi connectivity index (χ1v) is 9.95. The number of methoxy groups -OCH3 is 2. The Bertz CT molecular complexity index is 1010. The van der Waals surface area contributed by atoms with Gasteiger partial charge in [-0.1, -0.05) is 25.1 Å². The minimum Gasteiger partial charge on any atom is -0.497 e. The smallest absolute Gasteiger partial charge is 0.257 e. The molecule has 7 heteroatoms. The zero-order valence-corrected chi connectivity index (χ0v) is 17.9. The second-order valence-corrected chi connectivity index (χ2v) is 6.76. The number of carbonyl (C=O) groups excluding carboxylic acids is 1. The molecule has 1 aromatic heterocycles. The Labute approximate surface area is 182 Å². The lowest BCUT2D eigenvalue weighted by molar-refractivity contribution is 0.0977. The number of hydrogen-bond acceptors (Lipinski definition) is 5. The zero-order valence-electron chi connectivity index (χ0n) is 17.9. The van der Waals surface area contributed by atoms with E-state index in [0.717, 1.165) is 12.0 Å². The molecule has 3 rings (SSSR count). The number of ether oxygens (including phenoxy) is 2. The maximum absolute atomic E-state index is 12.8. The maximum Gasteiger partial charge on any atom is 0.257 e. The van der Waals surface area contributed by atoms with Gasteiger partial charge in [0.15, 0.2) is 0 Å². The summed E-state index contributed by atoms with van der Waals surface area (Å²) in [4.78, 5) is 21.5. The molecule has 0 atom stereocenters. The molecule has 0 fully saturated rings. The van der Waals surface area contributed by atoms with Crippen LogP contribution in [0.1, 0.15) is 28.4 Å². The van der Waals surface area contributed by atoms with E-state index in [-0.39, 0.29) is 5.91 Å². The summed E-state index contributed by atoms with van der Waals surface area (Å²) in [5.41, 5.74) is 3.31. The van der Waals surface area contributed by atoms with Crippen molar-refractivity contribution < 1.29 is 14.3 Å². The number of benzene rings is 2. The largest absolute Gasteiger partial charge is 0.497 e. The number of amides is 1. The predicted octanol–water partition coefficient (Wildman–Crippen LogP) is 4.06. The summed E-state index contributed by atoms with van der Waals surface area (Å²) in [6.45, 7) is 2.43. The third-order valence-electron chi connectivity index (χ3n) is 4.61. The molecule has 7 nitrogen and oxygen atoms in total. The van der Waals surface area contributed by atoms with Gasteiger partial charge in [-0.2, -0.15) is 0 Å². The van der Waals surface area contributed by atoms with Gasteiger partial charge in [-0.3, -0.25) is 15.1 Å². The molecule has 0 aliphatic carbocycles. The number of hydrogen-bond donors (Lipinski definition) is 2. The van der Waals surface area contributed by atoms with Gasteiger partial charge in [0.05, 0.1) is 20.8 Å². The third-order valence-corrected chi connectivity index (χ3v) is 4.61. The lowest BCUT2D eigenvalue weighted by Gasteiger charge is -2.14. The van der Waals surface area contributed by atoms with E-state index in [1.165, 1.54) is 5.56 Å². The number of nitrogens with zero attached hydrogens (tertiary/aromatic N) is 2. The van der Waals surface area contributed by atoms with E-state index in [9.17, 15) is 4.79 Å². The molecule has 2 aromatic carbocycles. The molecule has 0 aliphatic rings. The molecule has 0 bridgehead atoms. The molecule has 0 radical (unpaired) electrons. The van der Waals surface area contributed by atoms with E-state index >= 15 is 0 Å². The Balaban J connectivity index is 1.84. The van der Waals surface area contributed by atoms with Crippen LogP contribution in [0, 0.1) is 0 Å². The molecule has 0 saturated carbocycles. The number of aromatic nitrogens is 1. The summed E-state index contributed by atoms with van der Waals surface area (Å²) in [6, 6.07) is 16.6. The van der Waals surface area contributed by atoms with E-state index in [1.54, 1.807) is 44.8 Å². The molecule has 31 heavy (non-hydrogen) atoms. The van der Waals surface area contributed by atoms with E-state index < -0.39 is 0 Å². The summed E-state index contributed by atoms with van der Waals surface area (Å²) in [7, 11) is 3.16. The second kappa shape index (κ2) is 10.8. The first-order valence-electron chi connectivity index (χ1n) is 9.95. The lowest BCUT2D eigenvalue weighted by atomic mass is 10.1. The molecular formula is C24H26N4O3. The Hall–Kier alpha value is -3.87. The molecular weight excluding hydrogens is 392 g/mol. The topological polar surface area (TPSA) is 84.8 Å². The molecule has 1 heterocycles. The molecule has 0 spiro atoms. The number of rotatable bonds is 7. The Kier molecular flexibility index (Phi) is 7.59. The highest BCUT2D eigenvalue weighted by Gasteiger charge is 2.11. The molecule has 0 aliphatic heterocycles. The van der Waals surface area contributed by atoms with E-state index in [0.29, 0.717) is 35.3 Å². The first-order chi connectivity index (χ1) is 15.1. The van der Waals surface area contributed by atoms with Crippen molar-refractivity contribution in [3.8, 4) is 11.5 Å². The average Bonchev–Trinajstić information content (AvgIpc) is 2.82. The van der Waals surface area contributed by atoms with Crippen LogP contribution in [0.3, 0.4) is 0 Å². The van der Waals surface area contributed by atoms with Crippen LogP contribution < -0.4 is 20.1 Å². The van der Waals surface area contributed by atoms with Crippen LogP contribution in [-0.2, 0) is 13.0 Å². The molecule has 0 unspecified atom stereocenters. The summed E-state index contributed by atoms with van der Waals surface area (Å²) >= 11 is 0. The van der Waals surface area contributed by atoms with Crippen molar-refractivity contribution in [1.82, 2.24) is 10.3 Å². The van der Waals surface area contributed by atoms with E-state index in [4.69, 9.17) is 9.47 Å². The molecule has 0 saturated heterocycles. The highest BCUT2D eigenvalue weighted by Crippen LogP contribution is 2.25. The fourth-order valence-electron chi connectivity index (χ4n) is 2.86. The fourth-order valence-corrected chi connectivity index (χ4v) is 2.86.